The average molecular weight is 401 g/mol. The van der Waals surface area contributed by atoms with Crippen LogP contribution in [0.15, 0.2) is 23.2 Å². The molecule has 0 saturated heterocycles. The maximum atomic E-state index is 12.5. The summed E-state index contributed by atoms with van der Waals surface area (Å²) in [5, 5.41) is 4.09. The molecule has 0 aliphatic carbocycles. The van der Waals surface area contributed by atoms with E-state index in [1.807, 2.05) is 0 Å². The highest BCUT2D eigenvalue weighted by Crippen LogP contribution is 2.40. The van der Waals surface area contributed by atoms with Crippen LogP contribution in [0.3, 0.4) is 0 Å². The SMILES string of the molecule is COc1cc(OCc2ncn(C(F)F)n2)c2c(N)ncnc2c1Br. The van der Waals surface area contributed by atoms with Crippen LogP contribution in [-0.2, 0) is 6.61 Å². The van der Waals surface area contributed by atoms with Crippen LogP contribution < -0.4 is 15.2 Å². The van der Waals surface area contributed by atoms with E-state index in [9.17, 15) is 8.78 Å². The lowest BCUT2D eigenvalue weighted by Crippen LogP contribution is -2.04. The number of anilines is 1. The normalized spacial score (nSPS) is 11.2. The average Bonchev–Trinajstić information content (AvgIpc) is 3.04. The number of methoxy groups -OCH3 is 1. The molecule has 0 aliphatic rings. The van der Waals surface area contributed by atoms with Gasteiger partial charge in [-0.2, -0.15) is 13.5 Å². The van der Waals surface area contributed by atoms with Crippen LogP contribution in [0.25, 0.3) is 10.9 Å². The van der Waals surface area contributed by atoms with Crippen LogP contribution in [0.1, 0.15) is 12.4 Å². The minimum atomic E-state index is -2.76. The number of benzene rings is 1. The fourth-order valence-electron chi connectivity index (χ4n) is 2.06. The Morgan fingerprint density at radius 2 is 2.08 bits per heavy atom. The number of rotatable bonds is 5. The highest BCUT2D eigenvalue weighted by Gasteiger charge is 2.17. The predicted molar refractivity (Wildman–Crippen MR) is 83.8 cm³/mol. The Kier molecular flexibility index (Phi) is 4.42. The zero-order chi connectivity index (χ0) is 17.3. The van der Waals surface area contributed by atoms with Crippen LogP contribution in [0.2, 0.25) is 0 Å². The van der Waals surface area contributed by atoms with Gasteiger partial charge in [0.25, 0.3) is 0 Å². The zero-order valence-corrected chi connectivity index (χ0v) is 13.9. The zero-order valence-electron chi connectivity index (χ0n) is 12.3. The van der Waals surface area contributed by atoms with Gasteiger partial charge < -0.3 is 15.2 Å². The maximum absolute atomic E-state index is 12.5. The number of nitrogen functional groups attached to an aromatic ring is 1. The molecule has 2 N–H and O–H groups in total. The molecule has 2 heterocycles. The Morgan fingerprint density at radius 1 is 1.29 bits per heavy atom. The molecule has 0 radical (unpaired) electrons. The third-order valence-electron chi connectivity index (χ3n) is 3.14. The molecule has 0 bridgehead atoms. The van der Waals surface area contributed by atoms with Gasteiger partial charge in [-0.3, -0.25) is 0 Å². The number of ether oxygens (including phenoxy) is 2. The molecule has 0 amide bonds. The molecule has 2 aromatic heterocycles. The topological polar surface area (TPSA) is 101 Å². The summed E-state index contributed by atoms with van der Waals surface area (Å²) in [5.74, 6) is 1.11. The highest BCUT2D eigenvalue weighted by atomic mass is 79.9. The van der Waals surface area contributed by atoms with E-state index in [1.54, 1.807) is 6.07 Å². The van der Waals surface area contributed by atoms with E-state index in [0.29, 0.717) is 31.6 Å². The second kappa shape index (κ2) is 6.51. The van der Waals surface area contributed by atoms with Gasteiger partial charge in [0, 0.05) is 6.07 Å². The molecule has 24 heavy (non-hydrogen) atoms. The van der Waals surface area contributed by atoms with Gasteiger partial charge in [-0.1, -0.05) is 0 Å². The first-order valence-corrected chi connectivity index (χ1v) is 7.38. The number of nitrogens with two attached hydrogens (primary N) is 1. The Hall–Kier alpha value is -2.56. The molecule has 0 saturated carbocycles. The first kappa shape index (κ1) is 16.3. The molecule has 3 rings (SSSR count). The number of alkyl halides is 2. The second-order valence-corrected chi connectivity index (χ2v) is 5.37. The quantitative estimate of drug-likeness (QED) is 0.701. The van der Waals surface area contributed by atoms with Gasteiger partial charge in [-0.25, -0.2) is 15.0 Å². The fraction of sp³-hybridized carbons (Fsp3) is 0.231. The Balaban J connectivity index is 1.97. The molecule has 3 aromatic rings. The lowest BCUT2D eigenvalue weighted by atomic mass is 10.2. The van der Waals surface area contributed by atoms with E-state index in [0.717, 1.165) is 6.33 Å². The van der Waals surface area contributed by atoms with E-state index in [4.69, 9.17) is 15.2 Å². The molecule has 0 atom stereocenters. The first-order chi connectivity index (χ1) is 11.5. The third-order valence-corrected chi connectivity index (χ3v) is 3.91. The molecule has 11 heteroatoms. The number of halogens is 3. The minimum absolute atomic E-state index is 0.0979. The van der Waals surface area contributed by atoms with E-state index in [-0.39, 0.29) is 18.2 Å². The maximum Gasteiger partial charge on any atom is 0.334 e. The fourth-order valence-corrected chi connectivity index (χ4v) is 2.63. The van der Waals surface area contributed by atoms with Crippen molar-refractivity contribution in [3.8, 4) is 11.5 Å². The van der Waals surface area contributed by atoms with E-state index < -0.39 is 6.55 Å². The van der Waals surface area contributed by atoms with Gasteiger partial charge >= 0.3 is 6.55 Å². The summed E-state index contributed by atoms with van der Waals surface area (Å²) >= 11 is 3.39. The highest BCUT2D eigenvalue weighted by molar-refractivity contribution is 9.10. The van der Waals surface area contributed by atoms with Crippen molar-refractivity contribution in [3.05, 3.63) is 29.0 Å². The first-order valence-electron chi connectivity index (χ1n) is 6.59. The summed E-state index contributed by atoms with van der Waals surface area (Å²) in [7, 11) is 1.49. The lowest BCUT2D eigenvalue weighted by Gasteiger charge is -2.13. The Labute approximate surface area is 142 Å². The van der Waals surface area contributed by atoms with Crippen molar-refractivity contribution in [2.45, 2.75) is 13.2 Å². The number of nitrogens with zero attached hydrogens (tertiary/aromatic N) is 5. The van der Waals surface area contributed by atoms with Crippen molar-refractivity contribution >= 4 is 32.7 Å². The molecule has 126 valence electrons. The minimum Gasteiger partial charge on any atom is -0.495 e. The van der Waals surface area contributed by atoms with E-state index in [2.05, 4.69) is 36.0 Å². The van der Waals surface area contributed by atoms with Crippen LogP contribution in [0, 0.1) is 0 Å². The molecule has 0 unspecified atom stereocenters. The molecule has 0 spiro atoms. The summed E-state index contributed by atoms with van der Waals surface area (Å²) in [6.07, 6.45) is 2.25. The predicted octanol–water partition coefficient (Wildman–Crippen LogP) is 2.55. The Bertz CT molecular complexity index is 888. The summed E-state index contributed by atoms with van der Waals surface area (Å²) in [6.45, 7) is -2.89. The van der Waals surface area contributed by atoms with Crippen LogP contribution in [0.5, 0.6) is 11.5 Å². The van der Waals surface area contributed by atoms with Crippen molar-refractivity contribution in [1.29, 1.82) is 0 Å². The van der Waals surface area contributed by atoms with E-state index in [1.165, 1.54) is 13.4 Å². The number of aromatic nitrogens is 5. The molecule has 8 nitrogen and oxygen atoms in total. The van der Waals surface area contributed by atoms with Crippen LogP contribution in [-0.4, -0.2) is 31.8 Å². The molecule has 0 aliphatic heterocycles. The summed E-state index contributed by atoms with van der Waals surface area (Å²) < 4.78 is 37.0. The van der Waals surface area contributed by atoms with E-state index >= 15 is 0 Å². The van der Waals surface area contributed by atoms with Crippen molar-refractivity contribution in [1.82, 2.24) is 24.7 Å². The lowest BCUT2D eigenvalue weighted by molar-refractivity contribution is 0.0555. The molecular weight excluding hydrogens is 390 g/mol. The van der Waals surface area contributed by atoms with Gasteiger partial charge in [0.05, 0.1) is 22.5 Å². The van der Waals surface area contributed by atoms with Crippen molar-refractivity contribution in [2.75, 3.05) is 12.8 Å². The van der Waals surface area contributed by atoms with Gasteiger partial charge in [-0.15, -0.1) is 5.10 Å². The standard InChI is InChI=1S/C13H11BrF2N6O2/c1-23-7-2-6(9-11(10(7)14)18-4-19-12(9)17)24-3-8-20-5-22(21-8)13(15)16/h2,4-5,13H,3H2,1H3,(H2,17,18,19). The summed E-state index contributed by atoms with van der Waals surface area (Å²) in [4.78, 5) is 11.9. The van der Waals surface area contributed by atoms with Crippen LogP contribution in [0.4, 0.5) is 14.6 Å². The van der Waals surface area contributed by atoms with Gasteiger partial charge in [-0.05, 0) is 15.9 Å². The number of hydrogen-bond donors (Lipinski definition) is 1. The Morgan fingerprint density at radius 3 is 2.75 bits per heavy atom. The monoisotopic (exact) mass is 400 g/mol. The largest absolute Gasteiger partial charge is 0.495 e. The van der Waals surface area contributed by atoms with Crippen LogP contribution >= 0.6 is 15.9 Å². The molecular formula is C13H11BrF2N6O2. The number of fused-ring (bicyclic) bond motifs is 1. The van der Waals surface area contributed by atoms with Gasteiger partial charge in [0.15, 0.2) is 5.82 Å². The smallest absolute Gasteiger partial charge is 0.334 e. The molecule has 0 fully saturated rings. The number of hydrogen-bond acceptors (Lipinski definition) is 7. The van der Waals surface area contributed by atoms with Gasteiger partial charge in [0.2, 0.25) is 0 Å². The van der Waals surface area contributed by atoms with Crippen molar-refractivity contribution in [2.24, 2.45) is 0 Å². The van der Waals surface area contributed by atoms with Gasteiger partial charge in [0.1, 0.15) is 36.6 Å². The summed E-state index contributed by atoms with van der Waals surface area (Å²) in [5.41, 5.74) is 6.41. The summed E-state index contributed by atoms with van der Waals surface area (Å²) in [6, 6.07) is 1.59. The second-order valence-electron chi connectivity index (χ2n) is 4.58. The molecule has 1 aromatic carbocycles. The third kappa shape index (κ3) is 2.94. The van der Waals surface area contributed by atoms with Crippen molar-refractivity contribution in [3.63, 3.8) is 0 Å². The van der Waals surface area contributed by atoms with Crippen molar-refractivity contribution < 1.29 is 18.3 Å².